The van der Waals surface area contributed by atoms with Crippen molar-refractivity contribution in [2.75, 3.05) is 6.61 Å². The third kappa shape index (κ3) is 2.87. The zero-order chi connectivity index (χ0) is 12.3. The molecule has 3 heteroatoms. The first-order chi connectivity index (χ1) is 8.16. The topological polar surface area (TPSA) is 27.1 Å². The summed E-state index contributed by atoms with van der Waals surface area (Å²) >= 11 is 0. The second-order valence-electron chi connectivity index (χ2n) is 4.32. The smallest absolute Gasteiger partial charge is 0.122 e. The van der Waals surface area contributed by atoms with Crippen LogP contribution in [0.5, 0.6) is 5.75 Å². The van der Waals surface area contributed by atoms with E-state index in [-0.39, 0.29) is 0 Å². The maximum atomic E-state index is 5.79. The Morgan fingerprint density at radius 1 is 1.29 bits per heavy atom. The van der Waals surface area contributed by atoms with E-state index in [1.54, 1.807) is 0 Å². The highest BCUT2D eigenvalue weighted by atomic mass is 16.5. The fraction of sp³-hybridized carbons (Fsp3) is 0.357. The standard InChI is InChI=1S/C14H18N2O/c1-11-5-4-6-14(12(11)2)17-8-7-13-9-15-16(3)10-13/h4-6,9-10H,7-8H2,1-3H3. The molecule has 0 atom stereocenters. The second-order valence-corrected chi connectivity index (χ2v) is 4.32. The van der Waals surface area contributed by atoms with Crippen LogP contribution < -0.4 is 4.74 Å². The molecule has 0 fully saturated rings. The van der Waals surface area contributed by atoms with Crippen molar-refractivity contribution >= 4 is 0 Å². The normalized spacial score (nSPS) is 10.5. The Labute approximate surface area is 102 Å². The Hall–Kier alpha value is -1.77. The molecule has 17 heavy (non-hydrogen) atoms. The van der Waals surface area contributed by atoms with Crippen molar-refractivity contribution in [3.05, 3.63) is 47.3 Å². The second kappa shape index (κ2) is 5.04. The lowest BCUT2D eigenvalue weighted by Crippen LogP contribution is -2.02. The van der Waals surface area contributed by atoms with Gasteiger partial charge in [-0.25, -0.2) is 0 Å². The molecule has 0 amide bonds. The van der Waals surface area contributed by atoms with E-state index >= 15 is 0 Å². The zero-order valence-electron chi connectivity index (χ0n) is 10.6. The van der Waals surface area contributed by atoms with Gasteiger partial charge < -0.3 is 4.74 Å². The lowest BCUT2D eigenvalue weighted by Gasteiger charge is -2.10. The number of hydrogen-bond donors (Lipinski definition) is 0. The van der Waals surface area contributed by atoms with Crippen molar-refractivity contribution < 1.29 is 4.74 Å². The average Bonchev–Trinajstić information content (AvgIpc) is 2.70. The first-order valence-electron chi connectivity index (χ1n) is 5.83. The molecule has 0 N–H and O–H groups in total. The molecule has 0 spiro atoms. The van der Waals surface area contributed by atoms with Gasteiger partial charge in [0.2, 0.25) is 0 Å². The predicted octanol–water partition coefficient (Wildman–Crippen LogP) is 2.66. The minimum Gasteiger partial charge on any atom is -0.493 e. The molecule has 2 rings (SSSR count). The highest BCUT2D eigenvalue weighted by Crippen LogP contribution is 2.20. The summed E-state index contributed by atoms with van der Waals surface area (Å²) in [5.41, 5.74) is 3.69. The van der Waals surface area contributed by atoms with Crippen molar-refractivity contribution in [2.45, 2.75) is 20.3 Å². The van der Waals surface area contributed by atoms with Crippen molar-refractivity contribution in [1.29, 1.82) is 0 Å². The SMILES string of the molecule is Cc1cccc(OCCc2cnn(C)c2)c1C. The highest BCUT2D eigenvalue weighted by Gasteiger charge is 2.02. The third-order valence-corrected chi connectivity index (χ3v) is 2.96. The predicted molar refractivity (Wildman–Crippen MR) is 68.3 cm³/mol. The monoisotopic (exact) mass is 230 g/mol. The number of rotatable bonds is 4. The first-order valence-corrected chi connectivity index (χ1v) is 5.83. The van der Waals surface area contributed by atoms with Gasteiger partial charge in [0.05, 0.1) is 12.8 Å². The Balaban J connectivity index is 1.92. The molecule has 0 bridgehead atoms. The van der Waals surface area contributed by atoms with Gasteiger partial charge in [-0.05, 0) is 36.6 Å². The quantitative estimate of drug-likeness (QED) is 0.807. The Morgan fingerprint density at radius 2 is 2.12 bits per heavy atom. The van der Waals surface area contributed by atoms with Crippen molar-refractivity contribution in [3.63, 3.8) is 0 Å². The summed E-state index contributed by atoms with van der Waals surface area (Å²) < 4.78 is 7.61. The molecule has 0 saturated carbocycles. The van der Waals surface area contributed by atoms with Crippen LogP contribution >= 0.6 is 0 Å². The van der Waals surface area contributed by atoms with Crippen molar-refractivity contribution in [3.8, 4) is 5.75 Å². The molecule has 2 aromatic rings. The Morgan fingerprint density at radius 3 is 2.82 bits per heavy atom. The van der Waals surface area contributed by atoms with Crippen molar-refractivity contribution in [2.24, 2.45) is 7.05 Å². The van der Waals surface area contributed by atoms with E-state index in [9.17, 15) is 0 Å². The average molecular weight is 230 g/mol. The van der Waals surface area contributed by atoms with Crippen LogP contribution in [0, 0.1) is 13.8 Å². The van der Waals surface area contributed by atoms with Gasteiger partial charge in [-0.1, -0.05) is 12.1 Å². The number of benzene rings is 1. The number of ether oxygens (including phenoxy) is 1. The molecular weight excluding hydrogens is 212 g/mol. The van der Waals surface area contributed by atoms with Crippen LogP contribution in [0.3, 0.4) is 0 Å². The highest BCUT2D eigenvalue weighted by molar-refractivity contribution is 5.38. The van der Waals surface area contributed by atoms with Gasteiger partial charge in [0.15, 0.2) is 0 Å². The van der Waals surface area contributed by atoms with Crippen molar-refractivity contribution in [1.82, 2.24) is 9.78 Å². The Kier molecular flexibility index (Phi) is 3.47. The zero-order valence-corrected chi connectivity index (χ0v) is 10.6. The molecule has 0 aliphatic carbocycles. The van der Waals surface area contributed by atoms with Crippen LogP contribution in [0.2, 0.25) is 0 Å². The summed E-state index contributed by atoms with van der Waals surface area (Å²) in [5, 5.41) is 4.14. The Bertz CT molecular complexity index is 503. The molecular formula is C14H18N2O. The van der Waals surface area contributed by atoms with Gasteiger partial charge in [0, 0.05) is 19.7 Å². The van der Waals surface area contributed by atoms with E-state index in [2.05, 4.69) is 25.0 Å². The summed E-state index contributed by atoms with van der Waals surface area (Å²) in [7, 11) is 1.93. The van der Waals surface area contributed by atoms with Gasteiger partial charge in [-0.3, -0.25) is 4.68 Å². The van der Waals surface area contributed by atoms with Crippen LogP contribution in [-0.4, -0.2) is 16.4 Å². The lowest BCUT2D eigenvalue weighted by molar-refractivity contribution is 0.319. The molecule has 0 aliphatic rings. The van der Waals surface area contributed by atoms with Crippen LogP contribution in [0.4, 0.5) is 0 Å². The van der Waals surface area contributed by atoms with Crippen LogP contribution in [-0.2, 0) is 13.5 Å². The minimum atomic E-state index is 0.690. The first kappa shape index (κ1) is 11.7. The molecule has 0 radical (unpaired) electrons. The van der Waals surface area contributed by atoms with E-state index in [4.69, 9.17) is 4.74 Å². The summed E-state index contributed by atoms with van der Waals surface area (Å²) in [6.45, 7) is 4.88. The number of nitrogens with zero attached hydrogens (tertiary/aromatic N) is 2. The van der Waals surface area contributed by atoms with E-state index < -0.39 is 0 Å². The van der Waals surface area contributed by atoms with E-state index in [1.165, 1.54) is 16.7 Å². The van der Waals surface area contributed by atoms with E-state index in [0.29, 0.717) is 6.61 Å². The van der Waals surface area contributed by atoms with Crippen LogP contribution in [0.1, 0.15) is 16.7 Å². The number of hydrogen-bond acceptors (Lipinski definition) is 2. The van der Waals surface area contributed by atoms with Gasteiger partial charge in [0.25, 0.3) is 0 Å². The van der Waals surface area contributed by atoms with E-state index in [1.807, 2.05) is 36.3 Å². The van der Waals surface area contributed by atoms with Gasteiger partial charge >= 0.3 is 0 Å². The summed E-state index contributed by atoms with van der Waals surface area (Å²) in [6, 6.07) is 6.15. The van der Waals surface area contributed by atoms with Gasteiger partial charge in [0.1, 0.15) is 5.75 Å². The van der Waals surface area contributed by atoms with Gasteiger partial charge in [-0.15, -0.1) is 0 Å². The van der Waals surface area contributed by atoms with Crippen LogP contribution in [0.25, 0.3) is 0 Å². The largest absolute Gasteiger partial charge is 0.493 e. The van der Waals surface area contributed by atoms with E-state index in [0.717, 1.165) is 12.2 Å². The molecule has 0 unspecified atom stereocenters. The molecule has 1 aromatic heterocycles. The maximum Gasteiger partial charge on any atom is 0.122 e. The molecule has 3 nitrogen and oxygen atoms in total. The number of aryl methyl sites for hydroxylation is 2. The fourth-order valence-corrected chi connectivity index (χ4v) is 1.76. The molecule has 1 aromatic carbocycles. The molecule has 0 saturated heterocycles. The molecule has 0 aliphatic heterocycles. The summed E-state index contributed by atoms with van der Waals surface area (Å²) in [4.78, 5) is 0. The third-order valence-electron chi connectivity index (χ3n) is 2.96. The lowest BCUT2D eigenvalue weighted by atomic mass is 10.1. The maximum absolute atomic E-state index is 5.79. The number of aromatic nitrogens is 2. The molecule has 90 valence electrons. The molecule has 1 heterocycles. The summed E-state index contributed by atoms with van der Waals surface area (Å²) in [6.07, 6.45) is 4.79. The minimum absolute atomic E-state index is 0.690. The van der Waals surface area contributed by atoms with Crippen LogP contribution in [0.15, 0.2) is 30.6 Å². The fourth-order valence-electron chi connectivity index (χ4n) is 1.76. The van der Waals surface area contributed by atoms with Gasteiger partial charge in [-0.2, -0.15) is 5.10 Å². The summed E-state index contributed by atoms with van der Waals surface area (Å²) in [5.74, 6) is 0.980.